The highest BCUT2D eigenvalue weighted by atomic mass is 32.3. The number of aliphatic hydroxyl groups is 1. The minimum atomic E-state index is -1.05. The Morgan fingerprint density at radius 3 is 1.79 bits per heavy atom. The molecule has 0 spiro atoms. The number of ether oxygens (including phenoxy) is 1. The normalized spacial score (nSPS) is 12.6. The first kappa shape index (κ1) is 23.9. The number of benzene rings is 2. The van der Waals surface area contributed by atoms with Gasteiger partial charge in [-0.2, -0.15) is 14.4 Å². The molecule has 2 aromatic carbocycles. The first-order chi connectivity index (χ1) is 13.2. The van der Waals surface area contributed by atoms with Gasteiger partial charge in [0.2, 0.25) is 5.83 Å². The van der Waals surface area contributed by atoms with E-state index in [1.807, 2.05) is 0 Å². The Balaban J connectivity index is 0.000000336. The first-order valence-electron chi connectivity index (χ1n) is 9.20. The summed E-state index contributed by atoms with van der Waals surface area (Å²) in [6, 6.07) is 21.9. The van der Waals surface area contributed by atoms with E-state index in [4.69, 9.17) is 5.11 Å². The Morgan fingerprint density at radius 2 is 1.46 bits per heavy atom. The number of hydrogen-bond donors (Lipinski definition) is 1. The summed E-state index contributed by atoms with van der Waals surface area (Å²) in [5.41, 5.74) is 0. The quantitative estimate of drug-likeness (QED) is 0.509. The largest absolute Gasteiger partial charge is 0.461 e. The molecule has 0 heterocycles. The van der Waals surface area contributed by atoms with Gasteiger partial charge in [0.1, 0.15) is 0 Å². The highest BCUT2D eigenvalue weighted by molar-refractivity contribution is 8.34. The smallest absolute Gasteiger partial charge is 0.366 e. The van der Waals surface area contributed by atoms with E-state index < -0.39 is 28.4 Å². The summed E-state index contributed by atoms with van der Waals surface area (Å²) in [7, 11) is -1.01. The van der Waals surface area contributed by atoms with Crippen molar-refractivity contribution < 1.29 is 19.0 Å². The summed E-state index contributed by atoms with van der Waals surface area (Å²) in [6.07, 6.45) is 3.18. The third-order valence-electron chi connectivity index (χ3n) is 4.39. The van der Waals surface area contributed by atoms with Crippen molar-refractivity contribution in [2.45, 2.75) is 42.2 Å². The molecule has 28 heavy (non-hydrogen) atoms. The third-order valence-corrected chi connectivity index (χ3v) is 9.27. The fourth-order valence-electron chi connectivity index (χ4n) is 2.59. The predicted octanol–water partition coefficient (Wildman–Crippen LogP) is 5.73. The monoisotopic (exact) mass is 406 g/mol. The lowest BCUT2D eigenvalue weighted by Crippen LogP contribution is -2.24. The summed E-state index contributed by atoms with van der Waals surface area (Å²) in [5.74, 6) is -2.08. The highest BCUT2D eigenvalue weighted by Gasteiger charge is 2.35. The van der Waals surface area contributed by atoms with Crippen molar-refractivity contribution in [2.24, 2.45) is 0 Å². The van der Waals surface area contributed by atoms with Crippen molar-refractivity contribution in [1.82, 2.24) is 0 Å². The van der Waals surface area contributed by atoms with Gasteiger partial charge in [0.25, 0.3) is 0 Å². The SMILES string of the molecule is CC(C)(C)S(C)(c1ccccc1)c1ccccc1.CCOC(=O)/C(F)=C/CO. The molecule has 0 atom stereocenters. The second kappa shape index (κ2) is 11.0. The molecule has 1 N–H and O–H groups in total. The van der Waals surface area contributed by atoms with Gasteiger partial charge in [-0.15, -0.1) is 0 Å². The maximum atomic E-state index is 12.2. The van der Waals surface area contributed by atoms with Gasteiger partial charge in [0, 0.05) is 0 Å². The van der Waals surface area contributed by atoms with Crippen LogP contribution in [0.1, 0.15) is 27.7 Å². The minimum Gasteiger partial charge on any atom is -0.461 e. The molecule has 0 radical (unpaired) electrons. The third kappa shape index (κ3) is 6.21. The van der Waals surface area contributed by atoms with Crippen LogP contribution in [-0.2, 0) is 9.53 Å². The molecule has 0 aromatic heterocycles. The Hall–Kier alpha value is -2.11. The van der Waals surface area contributed by atoms with Gasteiger partial charge in [-0.3, -0.25) is 0 Å². The number of aliphatic hydroxyl groups excluding tert-OH is 1. The van der Waals surface area contributed by atoms with Crippen LogP contribution in [0.15, 0.2) is 82.4 Å². The highest BCUT2D eigenvalue weighted by Crippen LogP contribution is 2.67. The van der Waals surface area contributed by atoms with Gasteiger partial charge in [0.15, 0.2) is 0 Å². The molecule has 2 aromatic rings. The second-order valence-corrected chi connectivity index (χ2v) is 11.1. The zero-order chi connectivity index (χ0) is 21.2. The molecule has 0 aliphatic carbocycles. The maximum absolute atomic E-state index is 12.2. The lowest BCUT2D eigenvalue weighted by Gasteiger charge is -2.48. The lowest BCUT2D eigenvalue weighted by atomic mass is 10.3. The van der Waals surface area contributed by atoms with Crippen LogP contribution in [0, 0.1) is 0 Å². The van der Waals surface area contributed by atoms with Crippen molar-refractivity contribution >= 4 is 16.0 Å². The molecular weight excluding hydrogens is 375 g/mol. The number of esters is 1. The lowest BCUT2D eigenvalue weighted by molar-refractivity contribution is -0.140. The van der Waals surface area contributed by atoms with E-state index in [1.165, 1.54) is 9.79 Å². The van der Waals surface area contributed by atoms with E-state index in [0.717, 1.165) is 6.08 Å². The summed E-state index contributed by atoms with van der Waals surface area (Å²) in [4.78, 5) is 13.3. The summed E-state index contributed by atoms with van der Waals surface area (Å²) >= 11 is 0. The van der Waals surface area contributed by atoms with Crippen LogP contribution in [-0.4, -0.2) is 35.3 Å². The molecule has 0 bridgehead atoms. The van der Waals surface area contributed by atoms with Gasteiger partial charge in [-0.25, -0.2) is 4.79 Å². The van der Waals surface area contributed by atoms with Crippen molar-refractivity contribution in [3.8, 4) is 0 Å². The predicted molar refractivity (Wildman–Crippen MR) is 116 cm³/mol. The summed E-state index contributed by atoms with van der Waals surface area (Å²) in [5, 5.41) is 8.13. The van der Waals surface area contributed by atoms with Crippen molar-refractivity contribution in [3.05, 3.63) is 72.6 Å². The van der Waals surface area contributed by atoms with Gasteiger partial charge in [-0.1, -0.05) is 57.2 Å². The molecule has 0 unspecified atom stereocenters. The molecule has 0 aliphatic heterocycles. The Morgan fingerprint density at radius 1 is 1.04 bits per heavy atom. The van der Waals surface area contributed by atoms with Crippen LogP contribution in [0.4, 0.5) is 4.39 Å². The van der Waals surface area contributed by atoms with E-state index in [9.17, 15) is 9.18 Å². The molecule has 3 nitrogen and oxygen atoms in total. The van der Waals surface area contributed by atoms with Crippen LogP contribution in [0.2, 0.25) is 0 Å². The van der Waals surface area contributed by atoms with E-state index in [1.54, 1.807) is 6.92 Å². The molecular formula is C23H31FO3S. The van der Waals surface area contributed by atoms with Crippen molar-refractivity contribution in [3.63, 3.8) is 0 Å². The fourth-order valence-corrected chi connectivity index (χ4v) is 5.68. The van der Waals surface area contributed by atoms with Crippen LogP contribution >= 0.6 is 10.0 Å². The van der Waals surface area contributed by atoms with Gasteiger partial charge >= 0.3 is 5.97 Å². The van der Waals surface area contributed by atoms with Crippen molar-refractivity contribution in [2.75, 3.05) is 19.5 Å². The molecule has 0 aliphatic rings. The molecule has 0 fully saturated rings. The summed E-state index contributed by atoms with van der Waals surface area (Å²) < 4.78 is 16.7. The average molecular weight is 407 g/mol. The first-order valence-corrected chi connectivity index (χ1v) is 11.2. The van der Waals surface area contributed by atoms with Crippen molar-refractivity contribution in [1.29, 1.82) is 0 Å². The average Bonchev–Trinajstić information content (AvgIpc) is 2.68. The number of carbonyl (C=O) groups excluding carboxylic acids is 1. The zero-order valence-corrected chi connectivity index (χ0v) is 18.1. The van der Waals surface area contributed by atoms with Gasteiger partial charge < -0.3 is 9.84 Å². The van der Waals surface area contributed by atoms with E-state index in [0.29, 0.717) is 0 Å². The van der Waals surface area contributed by atoms with Crippen LogP contribution in [0.5, 0.6) is 0 Å². The molecule has 5 heteroatoms. The molecule has 0 saturated heterocycles. The number of hydrogen-bond acceptors (Lipinski definition) is 3. The van der Waals surface area contributed by atoms with Crippen LogP contribution in [0.3, 0.4) is 0 Å². The Labute approximate surface area is 169 Å². The topological polar surface area (TPSA) is 46.5 Å². The standard InChI is InChI=1S/C17H22S.C6H9FO3/c1-17(2,3)18(4,15-11-7-5-8-12-15)16-13-9-6-10-14-16;1-2-10-6(9)5(7)3-4-8/h5-14H,1-4H3;3,8H,2,4H2,1H3/b;5-3-. The number of carbonyl (C=O) groups is 1. The maximum Gasteiger partial charge on any atom is 0.366 e. The number of halogens is 1. The Kier molecular flexibility index (Phi) is 9.42. The molecule has 154 valence electrons. The Bertz CT molecular complexity index is 713. The second-order valence-electron chi connectivity index (χ2n) is 7.11. The molecule has 2 rings (SSSR count). The van der Waals surface area contributed by atoms with Gasteiger partial charge in [0.05, 0.1) is 13.2 Å². The summed E-state index contributed by atoms with van der Waals surface area (Å²) in [6.45, 7) is 8.26. The molecule has 0 amide bonds. The van der Waals surface area contributed by atoms with E-state index >= 15 is 0 Å². The zero-order valence-electron chi connectivity index (χ0n) is 17.3. The van der Waals surface area contributed by atoms with E-state index in [-0.39, 0.29) is 11.4 Å². The van der Waals surface area contributed by atoms with Crippen LogP contribution in [0.25, 0.3) is 0 Å². The molecule has 0 saturated carbocycles. The van der Waals surface area contributed by atoms with E-state index in [2.05, 4.69) is 92.4 Å². The van der Waals surface area contributed by atoms with Crippen LogP contribution < -0.4 is 0 Å². The minimum absolute atomic E-state index is 0.130. The fraction of sp³-hybridized carbons (Fsp3) is 0.348. The van der Waals surface area contributed by atoms with Gasteiger partial charge in [-0.05, 0) is 58.1 Å². The number of rotatable bonds is 5.